The van der Waals surface area contributed by atoms with Crippen LogP contribution >= 0.6 is 24.0 Å². The maximum absolute atomic E-state index is 12.7. The molecule has 1 saturated heterocycles. The van der Waals surface area contributed by atoms with E-state index in [9.17, 15) is 19.2 Å². The average Bonchev–Trinajstić information content (AvgIpc) is 2.86. The maximum Gasteiger partial charge on any atom is 0.262 e. The van der Waals surface area contributed by atoms with Crippen LogP contribution in [-0.2, 0) is 9.59 Å². The molecule has 1 aromatic rings. The molecule has 0 aliphatic carbocycles. The summed E-state index contributed by atoms with van der Waals surface area (Å²) in [6.45, 7) is 0. The van der Waals surface area contributed by atoms with E-state index in [0.29, 0.717) is 4.32 Å². The van der Waals surface area contributed by atoms with Crippen LogP contribution in [0.2, 0.25) is 0 Å². The van der Waals surface area contributed by atoms with Crippen LogP contribution in [-0.4, -0.2) is 56.7 Å². The highest BCUT2D eigenvalue weighted by atomic mass is 32.2. The number of piperidine rings is 1. The van der Waals surface area contributed by atoms with E-state index in [2.05, 4.69) is 5.32 Å². The molecule has 0 bridgehead atoms. The number of likely N-dealkylation sites (tertiary alicyclic amines) is 1. The van der Waals surface area contributed by atoms with Gasteiger partial charge in [0.25, 0.3) is 17.7 Å². The van der Waals surface area contributed by atoms with Crippen LogP contribution in [0.15, 0.2) is 24.3 Å². The zero-order chi connectivity index (χ0) is 18.1. The third-order valence-corrected chi connectivity index (χ3v) is 5.56. The van der Waals surface area contributed by atoms with Gasteiger partial charge in [-0.15, -0.1) is 0 Å². The Hall–Kier alpha value is -2.26. The number of carbonyl (C=O) groups is 4. The van der Waals surface area contributed by atoms with E-state index >= 15 is 0 Å². The molecule has 3 rings (SSSR count). The van der Waals surface area contributed by atoms with Gasteiger partial charge in [0.05, 0.1) is 17.0 Å². The Bertz CT molecular complexity index is 760. The molecule has 2 heterocycles. The number of nitrogens with one attached hydrogen (secondary N) is 1. The minimum Gasteiger partial charge on any atom is -0.374 e. The minimum absolute atomic E-state index is 0.0526. The smallest absolute Gasteiger partial charge is 0.262 e. The SMILES string of the molecule is CNC(=S)SCN1C(=O)CCC(N2C(=O)c3ccccc3C2=O)C1=O. The van der Waals surface area contributed by atoms with Crippen LogP contribution in [0.3, 0.4) is 0 Å². The van der Waals surface area contributed by atoms with E-state index in [-0.39, 0.29) is 35.8 Å². The van der Waals surface area contributed by atoms with Gasteiger partial charge in [-0.3, -0.25) is 29.0 Å². The molecule has 130 valence electrons. The van der Waals surface area contributed by atoms with Gasteiger partial charge in [-0.05, 0) is 18.6 Å². The number of carbonyl (C=O) groups excluding carboxylic acids is 4. The lowest BCUT2D eigenvalue weighted by Crippen LogP contribution is -2.56. The molecule has 0 radical (unpaired) electrons. The number of hydrogen-bond donors (Lipinski definition) is 1. The molecular formula is C16H15N3O4S2. The lowest BCUT2D eigenvalue weighted by atomic mass is 10.0. The van der Waals surface area contributed by atoms with Crippen molar-refractivity contribution in [1.29, 1.82) is 0 Å². The average molecular weight is 377 g/mol. The van der Waals surface area contributed by atoms with Gasteiger partial charge < -0.3 is 5.32 Å². The first-order valence-electron chi connectivity index (χ1n) is 7.61. The Labute approximate surface area is 153 Å². The second-order valence-electron chi connectivity index (χ2n) is 5.55. The van der Waals surface area contributed by atoms with Crippen molar-refractivity contribution in [2.45, 2.75) is 18.9 Å². The number of thioether (sulfide) groups is 1. The van der Waals surface area contributed by atoms with Crippen molar-refractivity contribution in [3.8, 4) is 0 Å². The summed E-state index contributed by atoms with van der Waals surface area (Å²) in [6, 6.07) is 5.50. The first-order chi connectivity index (χ1) is 12.0. The molecule has 1 N–H and O–H groups in total. The Kier molecular flexibility index (Phi) is 4.87. The zero-order valence-electron chi connectivity index (χ0n) is 13.4. The summed E-state index contributed by atoms with van der Waals surface area (Å²) in [5, 5.41) is 2.75. The Balaban J connectivity index is 1.82. The largest absolute Gasteiger partial charge is 0.374 e. The Morgan fingerprint density at radius 1 is 1.20 bits per heavy atom. The molecule has 25 heavy (non-hydrogen) atoms. The van der Waals surface area contributed by atoms with Crippen molar-refractivity contribution < 1.29 is 19.2 Å². The lowest BCUT2D eigenvalue weighted by Gasteiger charge is -2.34. The number of rotatable bonds is 3. The van der Waals surface area contributed by atoms with Crippen molar-refractivity contribution in [1.82, 2.24) is 15.1 Å². The zero-order valence-corrected chi connectivity index (χ0v) is 15.0. The predicted molar refractivity (Wildman–Crippen MR) is 95.9 cm³/mol. The van der Waals surface area contributed by atoms with Gasteiger partial charge in [0.2, 0.25) is 5.91 Å². The number of nitrogens with zero attached hydrogens (tertiary/aromatic N) is 2. The molecule has 1 atom stereocenters. The van der Waals surface area contributed by atoms with E-state index < -0.39 is 23.8 Å². The summed E-state index contributed by atoms with van der Waals surface area (Å²) in [5.74, 6) is -1.81. The molecule has 0 saturated carbocycles. The van der Waals surface area contributed by atoms with Crippen LogP contribution in [0.4, 0.5) is 0 Å². The fourth-order valence-corrected chi connectivity index (χ4v) is 3.70. The van der Waals surface area contributed by atoms with Crippen LogP contribution in [0.1, 0.15) is 33.6 Å². The van der Waals surface area contributed by atoms with Gasteiger partial charge in [-0.25, -0.2) is 0 Å². The maximum atomic E-state index is 12.7. The van der Waals surface area contributed by atoms with Crippen molar-refractivity contribution in [2.24, 2.45) is 0 Å². The highest BCUT2D eigenvalue weighted by molar-refractivity contribution is 8.22. The van der Waals surface area contributed by atoms with Gasteiger partial charge >= 0.3 is 0 Å². The van der Waals surface area contributed by atoms with E-state index in [1.165, 1.54) is 0 Å². The molecule has 4 amide bonds. The van der Waals surface area contributed by atoms with Gasteiger partial charge in [0, 0.05) is 13.5 Å². The van der Waals surface area contributed by atoms with Crippen molar-refractivity contribution in [2.75, 3.05) is 12.9 Å². The topological polar surface area (TPSA) is 86.8 Å². The van der Waals surface area contributed by atoms with Crippen molar-refractivity contribution in [3.05, 3.63) is 35.4 Å². The minimum atomic E-state index is -0.964. The second kappa shape index (κ2) is 6.93. The first kappa shape index (κ1) is 17.6. The predicted octanol–water partition coefficient (Wildman–Crippen LogP) is 0.995. The lowest BCUT2D eigenvalue weighted by molar-refractivity contribution is -0.150. The second-order valence-corrected chi connectivity index (χ2v) is 7.17. The van der Waals surface area contributed by atoms with Crippen molar-refractivity contribution in [3.63, 3.8) is 0 Å². The fourth-order valence-electron chi connectivity index (χ4n) is 2.88. The van der Waals surface area contributed by atoms with Gasteiger partial charge in [0.15, 0.2) is 0 Å². The molecule has 0 aromatic heterocycles. The van der Waals surface area contributed by atoms with Crippen LogP contribution < -0.4 is 5.32 Å². The summed E-state index contributed by atoms with van der Waals surface area (Å²) in [5.41, 5.74) is 0.573. The Morgan fingerprint density at radius 2 is 1.80 bits per heavy atom. The summed E-state index contributed by atoms with van der Waals surface area (Å²) in [7, 11) is 1.65. The molecule has 7 nitrogen and oxygen atoms in total. The molecule has 2 aliphatic heterocycles. The summed E-state index contributed by atoms with van der Waals surface area (Å²) >= 11 is 6.15. The van der Waals surface area contributed by atoms with E-state index in [1.54, 1.807) is 31.3 Å². The van der Waals surface area contributed by atoms with Crippen LogP contribution in [0.25, 0.3) is 0 Å². The monoisotopic (exact) mass is 377 g/mol. The standard InChI is InChI=1S/C16H15N3O4S2/c1-17-16(24)25-8-18-12(20)7-6-11(15(18)23)19-13(21)9-4-2-3-5-10(9)14(19)22/h2-5,11H,6-8H2,1H3,(H,17,24). The van der Waals surface area contributed by atoms with Crippen molar-refractivity contribution >= 4 is 51.9 Å². The molecule has 0 spiro atoms. The molecule has 1 unspecified atom stereocenters. The molecule has 1 fully saturated rings. The van der Waals surface area contributed by atoms with Gasteiger partial charge in [0.1, 0.15) is 10.4 Å². The van der Waals surface area contributed by atoms with Gasteiger partial charge in [-0.2, -0.15) is 0 Å². The summed E-state index contributed by atoms with van der Waals surface area (Å²) in [4.78, 5) is 52.0. The number of imide groups is 2. The van der Waals surface area contributed by atoms with Crippen LogP contribution in [0.5, 0.6) is 0 Å². The number of hydrogen-bond acceptors (Lipinski definition) is 6. The van der Waals surface area contributed by atoms with E-state index in [4.69, 9.17) is 12.2 Å². The summed E-state index contributed by atoms with van der Waals surface area (Å²) in [6.07, 6.45) is 0.234. The first-order valence-corrected chi connectivity index (χ1v) is 9.00. The highest BCUT2D eigenvalue weighted by Gasteiger charge is 2.46. The highest BCUT2D eigenvalue weighted by Crippen LogP contribution is 2.29. The third-order valence-electron chi connectivity index (χ3n) is 4.15. The normalized spacial score (nSPS) is 20.1. The number of benzene rings is 1. The number of thiocarbonyl (C=S) groups is 1. The summed E-state index contributed by atoms with van der Waals surface area (Å²) < 4.78 is 0.448. The molecule has 1 aromatic carbocycles. The van der Waals surface area contributed by atoms with E-state index in [0.717, 1.165) is 21.6 Å². The Morgan fingerprint density at radius 3 is 2.36 bits per heavy atom. The van der Waals surface area contributed by atoms with Crippen LogP contribution in [0, 0.1) is 0 Å². The van der Waals surface area contributed by atoms with Gasteiger partial charge in [-0.1, -0.05) is 36.1 Å². The molecular weight excluding hydrogens is 362 g/mol. The molecule has 2 aliphatic rings. The quantitative estimate of drug-likeness (QED) is 0.621. The number of amides is 4. The van der Waals surface area contributed by atoms with E-state index in [1.807, 2.05) is 0 Å². The fraction of sp³-hybridized carbons (Fsp3) is 0.312. The third kappa shape index (κ3) is 3.05. The molecule has 9 heteroatoms. The number of fused-ring (bicyclic) bond motifs is 1.